The molecule has 0 saturated carbocycles. The van der Waals surface area contributed by atoms with Crippen molar-refractivity contribution >= 4 is 69.9 Å². The van der Waals surface area contributed by atoms with E-state index < -0.39 is 55.0 Å². The van der Waals surface area contributed by atoms with Gasteiger partial charge in [-0.25, -0.2) is 26.3 Å². The Bertz CT molecular complexity index is 745. The fourth-order valence-corrected chi connectivity index (χ4v) is 4.72. The van der Waals surface area contributed by atoms with E-state index in [9.17, 15) is 26.3 Å². The summed E-state index contributed by atoms with van der Waals surface area (Å²) in [6.07, 6.45) is 5.85. The van der Waals surface area contributed by atoms with Crippen molar-refractivity contribution in [1.29, 1.82) is 0 Å². The summed E-state index contributed by atoms with van der Waals surface area (Å²) in [5.74, 6) is -2.08. The van der Waals surface area contributed by atoms with Crippen LogP contribution in [0, 0.1) is 47.0 Å². The van der Waals surface area contributed by atoms with E-state index in [0.29, 0.717) is 0 Å². The minimum atomic E-state index is -1.30. The smallest absolute Gasteiger partial charge is 0.234 e. The van der Waals surface area contributed by atoms with Gasteiger partial charge < -0.3 is 0 Å². The molecular weight excluding hydrogens is 667 g/mol. The second-order valence-electron chi connectivity index (χ2n) is 6.03. The molecule has 0 aliphatic carbocycles. The normalized spacial score (nSPS) is 14.1. The maximum atomic E-state index is 12.5. The summed E-state index contributed by atoms with van der Waals surface area (Å²) in [6.45, 7) is 0. The van der Waals surface area contributed by atoms with Gasteiger partial charge in [0.05, 0.1) is 11.6 Å². The molecule has 2 aromatic carbocycles. The Balaban J connectivity index is 0.000000434. The number of thioether (sulfide) groups is 2. The molecule has 0 N–H and O–H groups in total. The van der Waals surface area contributed by atoms with Gasteiger partial charge in [-0.15, -0.1) is 12.1 Å². The maximum Gasteiger partial charge on any atom is 2.00 e. The van der Waals surface area contributed by atoms with Crippen LogP contribution in [0.3, 0.4) is 0 Å². The predicted octanol–water partition coefficient (Wildman–Crippen LogP) is 9.45. The van der Waals surface area contributed by atoms with Crippen molar-refractivity contribution < 1.29 is 46.8 Å². The molecule has 4 rings (SSSR count). The summed E-state index contributed by atoms with van der Waals surface area (Å²) in [5, 5.41) is -3.40. The molecule has 2 fully saturated rings. The van der Waals surface area contributed by atoms with E-state index in [-0.39, 0.29) is 20.4 Å². The molecule has 0 aromatic heterocycles. The zero-order valence-electron chi connectivity index (χ0n) is 16.6. The summed E-state index contributed by atoms with van der Waals surface area (Å²) in [4.78, 5) is 0. The summed E-state index contributed by atoms with van der Waals surface area (Å²) in [7, 11) is 0. The molecule has 2 heterocycles. The fourth-order valence-electron chi connectivity index (χ4n) is 2.01. The van der Waals surface area contributed by atoms with Crippen molar-refractivity contribution in [2.75, 3.05) is 23.0 Å². The molecule has 13 heteroatoms. The van der Waals surface area contributed by atoms with Crippen LogP contribution in [0.15, 0.2) is 0 Å². The minimum absolute atomic E-state index is 0. The average Bonchev–Trinajstić information content (AvgIpc) is 3.53. The number of hydrogen-bond acceptors (Lipinski definition) is 2. The SMILES string of the molecule is C1CCSC1.C1CCSC1.Fc1[c-]c(F)c(Cl)c(F)c1Cl.Fc1[c-]c(F)c(Cl)c(F)c1Cl.[Pd+2]. The van der Waals surface area contributed by atoms with Gasteiger partial charge in [-0.2, -0.15) is 69.9 Å². The maximum absolute atomic E-state index is 12.5. The van der Waals surface area contributed by atoms with Gasteiger partial charge in [-0.1, -0.05) is 0 Å². The third-order valence-corrected chi connectivity index (χ3v) is 7.27. The van der Waals surface area contributed by atoms with Crippen LogP contribution in [-0.2, 0) is 20.4 Å². The summed E-state index contributed by atoms with van der Waals surface area (Å²) in [5.41, 5.74) is 0. The van der Waals surface area contributed by atoms with Crippen molar-refractivity contribution in [2.24, 2.45) is 0 Å². The molecule has 2 aromatic rings. The van der Waals surface area contributed by atoms with Crippen LogP contribution in [0.1, 0.15) is 25.7 Å². The molecule has 0 atom stereocenters. The second kappa shape index (κ2) is 17.9. The van der Waals surface area contributed by atoms with Crippen LogP contribution in [0.25, 0.3) is 0 Å². The molecule has 0 spiro atoms. The Morgan fingerprint density at radius 3 is 0.848 bits per heavy atom. The number of benzene rings is 2. The van der Waals surface area contributed by atoms with Gasteiger partial charge in [0, 0.05) is 43.4 Å². The van der Waals surface area contributed by atoms with Crippen LogP contribution in [0.4, 0.5) is 26.3 Å². The molecule has 0 bridgehead atoms. The van der Waals surface area contributed by atoms with Gasteiger partial charge in [0.25, 0.3) is 0 Å². The Labute approximate surface area is 231 Å². The van der Waals surface area contributed by atoms with Crippen molar-refractivity contribution in [3.05, 3.63) is 67.1 Å². The Morgan fingerprint density at radius 2 is 0.697 bits per heavy atom. The molecule has 33 heavy (non-hydrogen) atoms. The van der Waals surface area contributed by atoms with Gasteiger partial charge in [0.2, 0.25) is 0 Å². The largest absolute Gasteiger partial charge is 2.00 e. The molecule has 0 amide bonds. The standard InChI is InChI=1S/2C6Cl2F3.2C4H8S.Pd/c2*7-4-2(9)1-3(10)5(8)6(4)11;2*1-2-4-5-3-1;/h;;2*1-4H2;/q2*-1;;;+2. The molecule has 2 saturated heterocycles. The number of rotatable bonds is 0. The third-order valence-electron chi connectivity index (χ3n) is 3.64. The van der Waals surface area contributed by atoms with E-state index >= 15 is 0 Å². The quantitative estimate of drug-likeness (QED) is 0.0893. The molecule has 2 aliphatic heterocycles. The third kappa shape index (κ3) is 11.9. The summed E-state index contributed by atoms with van der Waals surface area (Å²) in [6, 6.07) is 3.02. The van der Waals surface area contributed by atoms with E-state index in [0.717, 1.165) is 0 Å². The van der Waals surface area contributed by atoms with Gasteiger partial charge in [0.15, 0.2) is 0 Å². The number of hydrogen-bond donors (Lipinski definition) is 0. The van der Waals surface area contributed by atoms with E-state index in [1.54, 1.807) is 0 Å². The fraction of sp³-hybridized carbons (Fsp3) is 0.400. The van der Waals surface area contributed by atoms with E-state index in [1.807, 2.05) is 0 Å². The monoisotopic (exact) mass is 680 g/mol. The van der Waals surface area contributed by atoms with Crippen molar-refractivity contribution in [2.45, 2.75) is 25.7 Å². The first-order chi connectivity index (χ1) is 15.1. The van der Waals surface area contributed by atoms with Gasteiger partial charge in [0.1, 0.15) is 0 Å². The molecule has 188 valence electrons. The van der Waals surface area contributed by atoms with Crippen molar-refractivity contribution in [3.8, 4) is 0 Å². The minimum Gasteiger partial charge on any atom is -0.234 e. The van der Waals surface area contributed by atoms with Crippen LogP contribution in [-0.4, -0.2) is 23.0 Å². The van der Waals surface area contributed by atoms with E-state index in [2.05, 4.69) is 23.5 Å². The predicted molar refractivity (Wildman–Crippen MR) is 123 cm³/mol. The van der Waals surface area contributed by atoms with Crippen LogP contribution in [0.2, 0.25) is 20.1 Å². The van der Waals surface area contributed by atoms with Crippen LogP contribution in [0.5, 0.6) is 0 Å². The number of halogens is 10. The van der Waals surface area contributed by atoms with E-state index in [1.165, 1.54) is 60.8 Å². The van der Waals surface area contributed by atoms with Crippen LogP contribution >= 0.6 is 69.9 Å². The Hall–Kier alpha value is 0.542. The molecule has 0 nitrogen and oxygen atoms in total. The van der Waals surface area contributed by atoms with E-state index in [4.69, 9.17) is 46.4 Å². The van der Waals surface area contributed by atoms with Gasteiger partial charge in [-0.3, -0.25) is 0 Å². The summed E-state index contributed by atoms with van der Waals surface area (Å²) < 4.78 is 74.2. The first-order valence-electron chi connectivity index (χ1n) is 9.04. The molecular formula is C20H16Cl4F6PdS2. The Kier molecular flexibility index (Phi) is 18.2. The topological polar surface area (TPSA) is 0 Å². The van der Waals surface area contributed by atoms with Crippen molar-refractivity contribution in [3.63, 3.8) is 0 Å². The molecule has 0 radical (unpaired) electrons. The average molecular weight is 683 g/mol. The zero-order valence-corrected chi connectivity index (χ0v) is 22.8. The second-order valence-corrected chi connectivity index (χ2v) is 9.99. The zero-order chi connectivity index (χ0) is 24.3. The molecule has 2 aliphatic rings. The van der Waals surface area contributed by atoms with Gasteiger partial charge in [-0.05, 0) is 48.7 Å². The first kappa shape index (κ1) is 33.5. The first-order valence-corrected chi connectivity index (χ1v) is 12.9. The summed E-state index contributed by atoms with van der Waals surface area (Å²) >= 11 is 24.2. The van der Waals surface area contributed by atoms with Gasteiger partial charge >= 0.3 is 20.4 Å². The van der Waals surface area contributed by atoms with Crippen LogP contribution < -0.4 is 0 Å². The van der Waals surface area contributed by atoms with Crippen molar-refractivity contribution in [1.82, 2.24) is 0 Å². The molecule has 0 unspecified atom stereocenters. The Morgan fingerprint density at radius 1 is 0.485 bits per heavy atom.